The smallest absolute Gasteiger partial charge is 0.408 e. The van der Waals surface area contributed by atoms with E-state index in [1.807, 2.05) is 69.9 Å². The van der Waals surface area contributed by atoms with Gasteiger partial charge in [0.1, 0.15) is 50.4 Å². The molecule has 4 aliphatic rings. The van der Waals surface area contributed by atoms with Crippen molar-refractivity contribution >= 4 is 29.5 Å². The third kappa shape index (κ3) is 18.0. The van der Waals surface area contributed by atoms with Crippen LogP contribution in [0.15, 0.2) is 35.5 Å². The predicted octanol–water partition coefficient (Wildman–Crippen LogP) is 6.55. The minimum atomic E-state index is -1.99. The van der Waals surface area contributed by atoms with Crippen LogP contribution < -0.4 is 5.32 Å². The molecule has 0 bridgehead atoms. The van der Waals surface area contributed by atoms with Crippen molar-refractivity contribution in [3.63, 3.8) is 0 Å². The second-order valence-electron chi connectivity index (χ2n) is 23.7. The van der Waals surface area contributed by atoms with Gasteiger partial charge in [-0.2, -0.15) is 0 Å². The number of ketones is 1. The van der Waals surface area contributed by atoms with E-state index in [4.69, 9.17) is 56.9 Å². The standard InChI is InChI=1S/C59H96FN3O18/c1-31(2)24-44(64)77-50-38(9)49(33(4)30-73-57-53(71-15)52(70-14)46(65)41(12)76-57)79-55(68)40(11)51(78-45-25-34(5)63(23-22-60)29-36(7)74-45)37(8)48(80-56-47(66)43(62-72-16)26-35(6)75-56)32(3)27-59(13,54(67)39(50)10)81-58(69)61-28-42-20-18-17-19-21-42/h17-21,31-41,45-53,56-57,65-66H,22-30H2,1-16H3,(H,61,69)/b62-43+/t32-,33?,34?,35+,36-,37+,38-,39+,40+,41+,45-,46+,47+,48-,49+,50+,51-,52+,53+,56-,57+,59-/m0/s1. The molecule has 5 rings (SSSR count). The number of hydrogen-bond acceptors (Lipinski definition) is 20. The first-order valence-corrected chi connectivity index (χ1v) is 28.9. The van der Waals surface area contributed by atoms with Crippen LogP contribution in [-0.4, -0.2) is 190 Å². The lowest BCUT2D eigenvalue weighted by Crippen LogP contribution is -2.59. The molecule has 21 nitrogen and oxygen atoms in total. The number of aliphatic hydroxyl groups is 2. The second-order valence-corrected chi connectivity index (χ2v) is 23.7. The van der Waals surface area contributed by atoms with Gasteiger partial charge in [0.2, 0.25) is 0 Å². The van der Waals surface area contributed by atoms with E-state index >= 15 is 9.59 Å². The molecule has 22 heteroatoms. The maximum Gasteiger partial charge on any atom is 0.408 e. The summed E-state index contributed by atoms with van der Waals surface area (Å²) in [7, 11) is 4.26. The van der Waals surface area contributed by atoms with Crippen LogP contribution in [0.1, 0.15) is 121 Å². The van der Waals surface area contributed by atoms with E-state index in [0.29, 0.717) is 6.54 Å². The van der Waals surface area contributed by atoms with Crippen molar-refractivity contribution in [2.75, 3.05) is 47.7 Å². The molecule has 0 saturated carbocycles. The van der Waals surface area contributed by atoms with E-state index in [-0.39, 0.29) is 63.1 Å². The predicted molar refractivity (Wildman–Crippen MR) is 295 cm³/mol. The highest BCUT2D eigenvalue weighted by atomic mass is 19.1. The zero-order valence-electron chi connectivity index (χ0n) is 50.7. The minimum Gasteiger partial charge on any atom is -0.461 e. The van der Waals surface area contributed by atoms with E-state index in [2.05, 4.69) is 10.5 Å². The second kappa shape index (κ2) is 31.3. The lowest BCUT2D eigenvalue weighted by Gasteiger charge is -2.45. The van der Waals surface area contributed by atoms with Gasteiger partial charge in [-0.3, -0.25) is 19.3 Å². The Morgan fingerprint density at radius 3 is 2.15 bits per heavy atom. The lowest BCUT2D eigenvalue weighted by molar-refractivity contribution is -0.305. The maximum atomic E-state index is 15.8. The first-order chi connectivity index (χ1) is 38.3. The highest BCUT2D eigenvalue weighted by Gasteiger charge is 2.53. The summed E-state index contributed by atoms with van der Waals surface area (Å²) in [6.45, 7) is 22.9. The molecule has 462 valence electrons. The highest BCUT2D eigenvalue weighted by Crippen LogP contribution is 2.40. The molecule has 4 fully saturated rings. The van der Waals surface area contributed by atoms with Gasteiger partial charge in [0, 0.05) is 76.9 Å². The minimum absolute atomic E-state index is 0.00838. The van der Waals surface area contributed by atoms with Gasteiger partial charge in [-0.1, -0.05) is 84.0 Å². The summed E-state index contributed by atoms with van der Waals surface area (Å²) in [5.74, 6) is -7.72. The summed E-state index contributed by atoms with van der Waals surface area (Å²) in [4.78, 5) is 66.6. The van der Waals surface area contributed by atoms with Crippen molar-refractivity contribution in [1.29, 1.82) is 0 Å². The number of nitrogens with zero attached hydrogens (tertiary/aromatic N) is 2. The molecule has 0 aromatic heterocycles. The number of carbonyl (C=O) groups is 4. The topological polar surface area (TPSA) is 247 Å². The number of hydrogen-bond donors (Lipinski definition) is 3. The van der Waals surface area contributed by atoms with Gasteiger partial charge in [-0.05, 0) is 65.4 Å². The first-order valence-electron chi connectivity index (χ1n) is 28.9. The highest BCUT2D eigenvalue weighted by molar-refractivity contribution is 5.91. The number of oxime groups is 1. The van der Waals surface area contributed by atoms with Crippen LogP contribution >= 0.6 is 0 Å². The monoisotopic (exact) mass is 1150 g/mol. The van der Waals surface area contributed by atoms with Crippen molar-refractivity contribution in [1.82, 2.24) is 10.2 Å². The average molecular weight is 1150 g/mol. The number of ether oxygens (including phenoxy) is 11. The summed E-state index contributed by atoms with van der Waals surface area (Å²) in [5.41, 5.74) is -0.945. The number of alkyl carbamates (subject to hydrolysis) is 1. The van der Waals surface area contributed by atoms with Crippen LogP contribution in [0.2, 0.25) is 0 Å². The molecule has 1 aromatic carbocycles. The number of Topliss-reactive ketones (excluding diaryl/α,β-unsaturated/α-hetero) is 1. The number of benzene rings is 1. The number of aliphatic hydroxyl groups excluding tert-OH is 2. The van der Waals surface area contributed by atoms with E-state index in [1.165, 1.54) is 28.3 Å². The van der Waals surface area contributed by atoms with Gasteiger partial charge in [0.05, 0.1) is 54.7 Å². The van der Waals surface area contributed by atoms with Gasteiger partial charge in [0.25, 0.3) is 0 Å². The largest absolute Gasteiger partial charge is 0.461 e. The molecule has 3 N–H and O–H groups in total. The fraction of sp³-hybridized carbons (Fsp3) is 0.814. The number of esters is 2. The number of cyclic esters (lactones) is 1. The number of alkyl halides is 1. The van der Waals surface area contributed by atoms with E-state index in [1.54, 1.807) is 48.5 Å². The third-order valence-electron chi connectivity index (χ3n) is 16.4. The van der Waals surface area contributed by atoms with E-state index < -0.39 is 158 Å². The molecule has 0 aliphatic carbocycles. The molecule has 0 spiro atoms. The molecule has 2 unspecified atom stereocenters. The molecule has 0 radical (unpaired) electrons. The first kappa shape index (κ1) is 67.8. The van der Waals surface area contributed by atoms with Gasteiger partial charge in [-0.25, -0.2) is 9.18 Å². The summed E-state index contributed by atoms with van der Waals surface area (Å²) in [6.07, 6.45) is -14.4. The Morgan fingerprint density at radius 1 is 0.840 bits per heavy atom. The van der Waals surface area contributed by atoms with Crippen molar-refractivity contribution in [3.05, 3.63) is 35.9 Å². The number of nitrogens with one attached hydrogen (secondary N) is 1. The van der Waals surface area contributed by atoms with Gasteiger partial charge < -0.3 is 72.5 Å². The summed E-state index contributed by atoms with van der Waals surface area (Å²) >= 11 is 0. The van der Waals surface area contributed by atoms with Gasteiger partial charge in [-0.15, -0.1) is 0 Å². The Hall–Kier alpha value is -3.94. The number of rotatable bonds is 19. The summed E-state index contributed by atoms with van der Waals surface area (Å²) in [6, 6.07) is 8.97. The van der Waals surface area contributed by atoms with Gasteiger partial charge in [0.15, 0.2) is 30.3 Å². The SMILES string of the molecule is CO/N=C1\C[C@@H](C)O[C@@H](O[C@@H]2[C@@H](C)[C@H](O[C@H]3CC(C)N(CCF)C[C@H](C)O3)[C@@H](C)C(=O)O[C@H](C(C)CO[C@@H]3O[C@H](C)[C@@H](O)[C@@H](OC)[C@H]3OC)[C@H](C)[C@@H](OC(=O)CC(C)C)[C@@H](C)C(=O)[C@@](C)(OC(=O)NCc3ccccc3)C[C@@H]2C)[C@@H]1O. The van der Waals surface area contributed by atoms with Crippen molar-refractivity contribution in [2.45, 2.75) is 220 Å². The van der Waals surface area contributed by atoms with E-state index in [9.17, 15) is 24.2 Å². The maximum absolute atomic E-state index is 15.8. The fourth-order valence-electron chi connectivity index (χ4n) is 12.1. The summed E-state index contributed by atoms with van der Waals surface area (Å²) < 4.78 is 84.2. The van der Waals surface area contributed by atoms with Crippen LogP contribution in [0.3, 0.4) is 0 Å². The van der Waals surface area contributed by atoms with Crippen LogP contribution in [0, 0.1) is 41.4 Å². The number of carbonyl (C=O) groups excluding carboxylic acids is 4. The van der Waals surface area contributed by atoms with Crippen LogP contribution in [0.25, 0.3) is 0 Å². The zero-order chi connectivity index (χ0) is 60.0. The molecule has 81 heavy (non-hydrogen) atoms. The Kier molecular flexibility index (Phi) is 26.2. The summed E-state index contributed by atoms with van der Waals surface area (Å²) in [5, 5.41) is 29.7. The van der Waals surface area contributed by atoms with E-state index in [0.717, 1.165) is 5.56 Å². The molecule has 4 aliphatic heterocycles. The van der Waals surface area contributed by atoms with Crippen molar-refractivity contribution < 1.29 is 90.7 Å². The van der Waals surface area contributed by atoms with Gasteiger partial charge >= 0.3 is 18.0 Å². The van der Waals surface area contributed by atoms with Crippen LogP contribution in [0.4, 0.5) is 9.18 Å². The number of halogens is 1. The number of amides is 1. The van der Waals surface area contributed by atoms with Crippen molar-refractivity contribution in [2.24, 2.45) is 46.6 Å². The quantitative estimate of drug-likeness (QED) is 0.0755. The molecule has 22 atom stereocenters. The molecule has 4 saturated heterocycles. The molecular formula is C59H96FN3O18. The van der Waals surface area contributed by atoms with Crippen LogP contribution in [0.5, 0.6) is 0 Å². The van der Waals surface area contributed by atoms with Crippen molar-refractivity contribution in [3.8, 4) is 0 Å². The molecular weight excluding hydrogens is 1060 g/mol. The Balaban J connectivity index is 1.71. The lowest BCUT2D eigenvalue weighted by atomic mass is 9.74. The average Bonchev–Trinajstić information content (AvgIpc) is 3.56. The molecule has 4 heterocycles. The fourth-order valence-corrected chi connectivity index (χ4v) is 12.1. The molecule has 1 aromatic rings. The normalized spacial score (nSPS) is 38.8. The van der Waals surface area contributed by atoms with Crippen LogP contribution in [-0.2, 0) is 77.9 Å². The Labute approximate surface area is 479 Å². The number of methoxy groups -OCH3 is 2. The zero-order valence-corrected chi connectivity index (χ0v) is 50.7. The Morgan fingerprint density at radius 2 is 1.52 bits per heavy atom. The third-order valence-corrected chi connectivity index (χ3v) is 16.4. The Bertz CT molecular complexity index is 2160. The molecule has 1 amide bonds.